The maximum absolute atomic E-state index is 12.7. The van der Waals surface area contributed by atoms with Gasteiger partial charge in [-0.1, -0.05) is 6.92 Å². The van der Waals surface area contributed by atoms with Crippen LogP contribution in [0.2, 0.25) is 0 Å². The van der Waals surface area contributed by atoms with Gasteiger partial charge in [0.25, 0.3) is 5.91 Å². The number of carbonyl (C=O) groups is 2. The molecule has 25 heavy (non-hydrogen) atoms. The van der Waals surface area contributed by atoms with Crippen LogP contribution in [-0.4, -0.2) is 29.5 Å². The molecule has 2 heterocycles. The van der Waals surface area contributed by atoms with E-state index in [4.69, 9.17) is 9.15 Å². The summed E-state index contributed by atoms with van der Waals surface area (Å²) >= 11 is 1.34. The zero-order valence-electron chi connectivity index (χ0n) is 14.6. The van der Waals surface area contributed by atoms with Crippen LogP contribution in [0, 0.1) is 12.8 Å². The van der Waals surface area contributed by atoms with Crippen LogP contribution >= 0.6 is 11.3 Å². The van der Waals surface area contributed by atoms with Gasteiger partial charge >= 0.3 is 5.97 Å². The van der Waals surface area contributed by atoms with Crippen molar-refractivity contribution in [3.63, 3.8) is 0 Å². The van der Waals surface area contributed by atoms with Gasteiger partial charge in [-0.05, 0) is 50.7 Å². The zero-order valence-corrected chi connectivity index (χ0v) is 15.4. The second-order valence-electron chi connectivity index (χ2n) is 6.66. The summed E-state index contributed by atoms with van der Waals surface area (Å²) in [6, 6.07) is 3.68. The monoisotopic (exact) mass is 362 g/mol. The normalized spacial score (nSPS) is 23.2. The third-order valence-corrected chi connectivity index (χ3v) is 5.60. The molecule has 1 saturated carbocycles. The molecule has 1 amide bonds. The summed E-state index contributed by atoms with van der Waals surface area (Å²) in [6.07, 6.45) is 2.93. The number of thiazole rings is 1. The molecule has 0 aromatic carbocycles. The lowest BCUT2D eigenvalue weighted by atomic mass is 9.77. The Morgan fingerprint density at radius 3 is 2.68 bits per heavy atom. The number of nitrogens with zero attached hydrogens (tertiary/aromatic N) is 1. The van der Waals surface area contributed by atoms with Gasteiger partial charge in [0.15, 0.2) is 10.8 Å². The van der Waals surface area contributed by atoms with Gasteiger partial charge in [-0.2, -0.15) is 0 Å². The van der Waals surface area contributed by atoms with Crippen molar-refractivity contribution in [3.8, 4) is 10.8 Å². The number of aromatic nitrogens is 1. The number of ether oxygens (including phenoxy) is 1. The Morgan fingerprint density at radius 2 is 2.08 bits per heavy atom. The van der Waals surface area contributed by atoms with Crippen LogP contribution in [0.1, 0.15) is 48.9 Å². The minimum atomic E-state index is -0.955. The van der Waals surface area contributed by atoms with Gasteiger partial charge in [-0.15, -0.1) is 11.3 Å². The number of furan rings is 1. The first-order valence-electron chi connectivity index (χ1n) is 8.37. The fraction of sp³-hybridized carbons (Fsp3) is 0.500. The Bertz CT molecular complexity index is 772. The van der Waals surface area contributed by atoms with Crippen molar-refractivity contribution in [2.45, 2.75) is 45.1 Å². The molecule has 1 N–H and O–H groups in total. The van der Waals surface area contributed by atoms with Crippen molar-refractivity contribution in [2.75, 3.05) is 7.11 Å². The molecular weight excluding hydrogens is 340 g/mol. The molecule has 0 saturated heterocycles. The molecular formula is C18H22N2O4S. The van der Waals surface area contributed by atoms with Gasteiger partial charge < -0.3 is 14.5 Å². The number of hydrogen-bond donors (Lipinski definition) is 1. The third kappa shape index (κ3) is 3.61. The minimum Gasteiger partial charge on any atom is -0.467 e. The van der Waals surface area contributed by atoms with Crippen LogP contribution in [0.25, 0.3) is 10.8 Å². The van der Waals surface area contributed by atoms with Gasteiger partial charge in [-0.25, -0.2) is 9.78 Å². The summed E-state index contributed by atoms with van der Waals surface area (Å²) in [6.45, 7) is 4.01. The molecule has 7 heteroatoms. The Hall–Kier alpha value is -2.15. The molecule has 2 aromatic rings. The highest BCUT2D eigenvalue weighted by molar-refractivity contribution is 7.13. The van der Waals surface area contributed by atoms with E-state index in [-0.39, 0.29) is 17.6 Å². The first-order chi connectivity index (χ1) is 11.9. The predicted octanol–water partition coefficient (Wildman–Crippen LogP) is 3.56. The van der Waals surface area contributed by atoms with Crippen molar-refractivity contribution in [2.24, 2.45) is 5.92 Å². The molecule has 0 spiro atoms. The van der Waals surface area contributed by atoms with Gasteiger partial charge in [0, 0.05) is 5.38 Å². The number of methoxy groups -OCH3 is 1. The van der Waals surface area contributed by atoms with Gasteiger partial charge in [0.2, 0.25) is 0 Å². The Labute approximate surface area is 150 Å². The molecule has 2 aromatic heterocycles. The van der Waals surface area contributed by atoms with E-state index in [0.717, 1.165) is 18.6 Å². The largest absolute Gasteiger partial charge is 0.467 e. The molecule has 0 radical (unpaired) electrons. The van der Waals surface area contributed by atoms with E-state index in [1.165, 1.54) is 18.4 Å². The number of carbonyl (C=O) groups excluding carboxylic acids is 2. The van der Waals surface area contributed by atoms with E-state index in [1.807, 2.05) is 19.1 Å². The summed E-state index contributed by atoms with van der Waals surface area (Å²) < 4.78 is 10.5. The van der Waals surface area contributed by atoms with Crippen molar-refractivity contribution in [1.29, 1.82) is 0 Å². The molecule has 0 bridgehead atoms. The fourth-order valence-corrected chi connectivity index (χ4v) is 3.91. The topological polar surface area (TPSA) is 81.4 Å². The van der Waals surface area contributed by atoms with Crippen molar-refractivity contribution in [1.82, 2.24) is 10.3 Å². The second-order valence-corrected chi connectivity index (χ2v) is 7.52. The average molecular weight is 362 g/mol. The van der Waals surface area contributed by atoms with E-state index in [0.29, 0.717) is 29.5 Å². The second kappa shape index (κ2) is 7.00. The third-order valence-electron chi connectivity index (χ3n) is 4.74. The van der Waals surface area contributed by atoms with Crippen LogP contribution in [0.4, 0.5) is 0 Å². The van der Waals surface area contributed by atoms with Crippen molar-refractivity contribution < 1.29 is 18.7 Å². The highest BCUT2D eigenvalue weighted by Crippen LogP contribution is 2.33. The molecule has 0 unspecified atom stereocenters. The number of rotatable bonds is 4. The summed E-state index contributed by atoms with van der Waals surface area (Å²) in [5, 5.41) is 5.21. The summed E-state index contributed by atoms with van der Waals surface area (Å²) in [5.74, 6) is 1.23. The number of amides is 1. The number of esters is 1. The zero-order chi connectivity index (χ0) is 18.0. The SMILES string of the molecule is COC(=O)C1(NC(=O)c2csc(-c3ccc(C)o3)n2)CCC(C)CC1. The standard InChI is InChI=1S/C18H22N2O4S/c1-11-6-8-18(9-7-11,17(22)23-3)20-15(21)13-10-25-16(19-13)14-5-4-12(2)24-14/h4-5,10-11H,6-9H2,1-3H3,(H,20,21). The van der Waals surface area contributed by atoms with Crippen LogP contribution < -0.4 is 5.32 Å². The lowest BCUT2D eigenvalue weighted by Crippen LogP contribution is -2.56. The maximum atomic E-state index is 12.7. The van der Waals surface area contributed by atoms with E-state index in [9.17, 15) is 9.59 Å². The van der Waals surface area contributed by atoms with Gasteiger partial charge in [0.05, 0.1) is 7.11 Å². The minimum absolute atomic E-state index is 0.288. The van der Waals surface area contributed by atoms with Crippen molar-refractivity contribution in [3.05, 3.63) is 29.0 Å². The molecule has 1 fully saturated rings. The predicted molar refractivity (Wildman–Crippen MR) is 94.4 cm³/mol. The first kappa shape index (κ1) is 17.7. The highest BCUT2D eigenvalue weighted by Gasteiger charge is 2.43. The van der Waals surface area contributed by atoms with E-state index >= 15 is 0 Å². The highest BCUT2D eigenvalue weighted by atomic mass is 32.1. The summed E-state index contributed by atoms with van der Waals surface area (Å²) in [5.41, 5.74) is -0.667. The summed E-state index contributed by atoms with van der Waals surface area (Å²) in [4.78, 5) is 29.3. The van der Waals surface area contributed by atoms with Crippen LogP contribution in [0.3, 0.4) is 0 Å². The molecule has 1 aliphatic rings. The quantitative estimate of drug-likeness (QED) is 0.841. The lowest BCUT2D eigenvalue weighted by molar-refractivity contribution is -0.150. The smallest absolute Gasteiger partial charge is 0.331 e. The van der Waals surface area contributed by atoms with E-state index < -0.39 is 5.54 Å². The maximum Gasteiger partial charge on any atom is 0.331 e. The lowest BCUT2D eigenvalue weighted by Gasteiger charge is -2.37. The number of hydrogen-bond acceptors (Lipinski definition) is 6. The molecule has 3 rings (SSSR count). The van der Waals surface area contributed by atoms with E-state index in [2.05, 4.69) is 17.2 Å². The number of aryl methyl sites for hydroxylation is 1. The molecule has 0 atom stereocenters. The molecule has 6 nitrogen and oxygen atoms in total. The van der Waals surface area contributed by atoms with E-state index in [1.54, 1.807) is 5.38 Å². The van der Waals surface area contributed by atoms with Gasteiger partial charge in [0.1, 0.15) is 17.0 Å². The summed E-state index contributed by atoms with van der Waals surface area (Å²) in [7, 11) is 1.36. The molecule has 0 aliphatic heterocycles. The Morgan fingerprint density at radius 1 is 1.36 bits per heavy atom. The molecule has 1 aliphatic carbocycles. The Balaban J connectivity index is 1.78. The Kier molecular flexibility index (Phi) is 4.94. The number of nitrogens with one attached hydrogen (secondary N) is 1. The average Bonchev–Trinajstić information content (AvgIpc) is 3.25. The van der Waals surface area contributed by atoms with Crippen LogP contribution in [0.15, 0.2) is 21.9 Å². The van der Waals surface area contributed by atoms with Gasteiger partial charge in [-0.3, -0.25) is 4.79 Å². The first-order valence-corrected chi connectivity index (χ1v) is 9.25. The molecule has 134 valence electrons. The van der Waals surface area contributed by atoms with Crippen LogP contribution in [0.5, 0.6) is 0 Å². The van der Waals surface area contributed by atoms with Crippen LogP contribution in [-0.2, 0) is 9.53 Å². The fourth-order valence-electron chi connectivity index (χ4n) is 3.15. The van der Waals surface area contributed by atoms with Crippen molar-refractivity contribution >= 4 is 23.2 Å².